The first-order valence-corrected chi connectivity index (χ1v) is 2.95. The molecule has 0 N–H and O–H groups in total. The Hall–Kier alpha value is -0.920. The van der Waals surface area contributed by atoms with Gasteiger partial charge in [0, 0.05) is 0 Å². The molecule has 0 aromatic carbocycles. The van der Waals surface area contributed by atoms with Crippen LogP contribution < -0.4 is 34.7 Å². The summed E-state index contributed by atoms with van der Waals surface area (Å²) in [5, 5.41) is 20.3. The number of carboxylic acids is 1. The third-order valence-electron chi connectivity index (χ3n) is 1.18. The largest absolute Gasteiger partial charge is 1.00 e. The molecule has 0 saturated carbocycles. The van der Waals surface area contributed by atoms with E-state index < -0.39 is 17.4 Å². The zero-order chi connectivity index (χ0) is 9.14. The average molecular weight is 193 g/mol. The van der Waals surface area contributed by atoms with Gasteiger partial charge in [-0.05, 0) is 4.92 Å². The fraction of sp³-hybridized carbons (Fsp3) is 0.200. The standard InChI is InChI=1S/C5H5N3O4.Na/c9-5(10)2-7-3-6-1-4(7)8(11)12;/h1,3H,2H2,(H,9,10);/q;+1/p-1. The number of rotatable bonds is 3. The number of hydrogen-bond donors (Lipinski definition) is 0. The van der Waals surface area contributed by atoms with Gasteiger partial charge in [-0.3, -0.25) is 0 Å². The van der Waals surface area contributed by atoms with Gasteiger partial charge in [-0.15, -0.1) is 0 Å². The zero-order valence-electron chi connectivity index (χ0n) is 6.84. The SMILES string of the molecule is O=C([O-])Cn1cncc1[N+](=O)[O-].[Na+]. The molecule has 64 valence electrons. The molecule has 0 aliphatic carbocycles. The van der Waals surface area contributed by atoms with Crippen molar-refractivity contribution < 1.29 is 44.4 Å². The van der Waals surface area contributed by atoms with E-state index in [9.17, 15) is 20.0 Å². The molecule has 0 spiro atoms. The normalized spacial score (nSPS) is 8.92. The summed E-state index contributed by atoms with van der Waals surface area (Å²) in [6, 6.07) is 0. The quantitative estimate of drug-likeness (QED) is 0.274. The van der Waals surface area contributed by atoms with Crippen LogP contribution in [0.2, 0.25) is 0 Å². The maximum atomic E-state index is 10.2. The summed E-state index contributed by atoms with van der Waals surface area (Å²) in [6.07, 6.45) is 2.04. The molecule has 0 aliphatic heterocycles. The van der Waals surface area contributed by atoms with Crippen LogP contribution in [0.1, 0.15) is 0 Å². The van der Waals surface area contributed by atoms with Crippen molar-refractivity contribution >= 4 is 11.8 Å². The summed E-state index contributed by atoms with van der Waals surface area (Å²) in [4.78, 5) is 23.0. The average Bonchev–Trinajstić information content (AvgIpc) is 2.33. The molecule has 1 heterocycles. The first kappa shape index (κ1) is 12.1. The number of carbonyl (C=O) groups is 1. The Kier molecular flexibility index (Phi) is 4.60. The summed E-state index contributed by atoms with van der Waals surface area (Å²) in [5.41, 5.74) is 0. The van der Waals surface area contributed by atoms with Gasteiger partial charge in [0.2, 0.25) is 0 Å². The number of hydrogen-bond acceptors (Lipinski definition) is 5. The number of imidazole rings is 1. The van der Waals surface area contributed by atoms with E-state index >= 15 is 0 Å². The van der Waals surface area contributed by atoms with Crippen molar-refractivity contribution in [3.8, 4) is 0 Å². The molecule has 0 bridgehead atoms. The van der Waals surface area contributed by atoms with Crippen LogP contribution in [0.3, 0.4) is 0 Å². The molecule has 0 radical (unpaired) electrons. The Balaban J connectivity index is 0.00000144. The summed E-state index contributed by atoms with van der Waals surface area (Å²) < 4.78 is 0.884. The van der Waals surface area contributed by atoms with E-state index in [0.717, 1.165) is 17.1 Å². The maximum Gasteiger partial charge on any atom is 1.00 e. The predicted octanol–water partition coefficient (Wildman–Crippen LogP) is -4.45. The maximum absolute atomic E-state index is 10.2. The Morgan fingerprint density at radius 1 is 1.69 bits per heavy atom. The van der Waals surface area contributed by atoms with Crippen molar-refractivity contribution in [1.29, 1.82) is 0 Å². The topological polar surface area (TPSA) is 101 Å². The molecular weight excluding hydrogens is 189 g/mol. The molecule has 13 heavy (non-hydrogen) atoms. The Morgan fingerprint density at radius 2 is 2.31 bits per heavy atom. The molecule has 0 fully saturated rings. The zero-order valence-corrected chi connectivity index (χ0v) is 8.84. The van der Waals surface area contributed by atoms with Crippen molar-refractivity contribution in [2.75, 3.05) is 0 Å². The van der Waals surface area contributed by atoms with Crippen LogP contribution >= 0.6 is 0 Å². The van der Waals surface area contributed by atoms with Gasteiger partial charge >= 0.3 is 35.4 Å². The van der Waals surface area contributed by atoms with Gasteiger partial charge in [0.05, 0.1) is 5.97 Å². The van der Waals surface area contributed by atoms with Crippen LogP contribution in [0.25, 0.3) is 0 Å². The minimum absolute atomic E-state index is 0. The van der Waals surface area contributed by atoms with Crippen molar-refractivity contribution in [3.63, 3.8) is 0 Å². The van der Waals surface area contributed by atoms with Crippen molar-refractivity contribution in [1.82, 2.24) is 9.55 Å². The second-order valence-electron chi connectivity index (χ2n) is 2.01. The van der Waals surface area contributed by atoms with Gasteiger partial charge in [0.25, 0.3) is 0 Å². The molecule has 1 rings (SSSR count). The second-order valence-corrected chi connectivity index (χ2v) is 2.01. The van der Waals surface area contributed by atoms with E-state index in [1.165, 1.54) is 0 Å². The number of nitro groups is 1. The van der Waals surface area contributed by atoms with Gasteiger partial charge in [-0.2, -0.15) is 0 Å². The van der Waals surface area contributed by atoms with Crippen LogP contribution in [-0.2, 0) is 11.3 Å². The van der Waals surface area contributed by atoms with Gasteiger partial charge in [-0.1, -0.05) is 0 Å². The summed E-state index contributed by atoms with van der Waals surface area (Å²) >= 11 is 0. The van der Waals surface area contributed by atoms with E-state index in [1.54, 1.807) is 0 Å². The number of aliphatic carboxylic acids is 1. The van der Waals surface area contributed by atoms with E-state index in [4.69, 9.17) is 0 Å². The molecule has 8 heteroatoms. The minimum Gasteiger partial charge on any atom is -0.546 e. The monoisotopic (exact) mass is 193 g/mol. The fourth-order valence-corrected chi connectivity index (χ4v) is 0.727. The van der Waals surface area contributed by atoms with Crippen LogP contribution in [0.4, 0.5) is 5.82 Å². The van der Waals surface area contributed by atoms with Crippen LogP contribution in [0.5, 0.6) is 0 Å². The molecule has 0 saturated heterocycles. The number of carbonyl (C=O) groups excluding carboxylic acids is 1. The van der Waals surface area contributed by atoms with Gasteiger partial charge in [0.15, 0.2) is 6.33 Å². The Labute approximate surface area is 94.8 Å². The third kappa shape index (κ3) is 3.13. The van der Waals surface area contributed by atoms with E-state index in [2.05, 4.69) is 4.98 Å². The number of aromatic nitrogens is 2. The Bertz CT molecular complexity index is 323. The number of nitrogens with zero attached hydrogens (tertiary/aromatic N) is 3. The van der Waals surface area contributed by atoms with Crippen molar-refractivity contribution in [3.05, 3.63) is 22.6 Å². The van der Waals surface area contributed by atoms with Crippen LogP contribution in [-0.4, -0.2) is 20.4 Å². The molecule has 0 unspecified atom stereocenters. The first-order chi connectivity index (χ1) is 5.61. The van der Waals surface area contributed by atoms with Crippen LogP contribution in [0, 0.1) is 10.1 Å². The molecule has 0 amide bonds. The van der Waals surface area contributed by atoms with E-state index in [-0.39, 0.29) is 35.4 Å². The summed E-state index contributed by atoms with van der Waals surface area (Å²) in [6.45, 7) is -0.559. The van der Waals surface area contributed by atoms with Crippen molar-refractivity contribution in [2.45, 2.75) is 6.54 Å². The summed E-state index contributed by atoms with van der Waals surface area (Å²) in [5.74, 6) is -1.75. The van der Waals surface area contributed by atoms with E-state index in [0.29, 0.717) is 0 Å². The van der Waals surface area contributed by atoms with Crippen molar-refractivity contribution in [2.24, 2.45) is 0 Å². The van der Waals surface area contributed by atoms with Gasteiger partial charge in [0.1, 0.15) is 12.7 Å². The Morgan fingerprint density at radius 3 is 2.77 bits per heavy atom. The second kappa shape index (κ2) is 4.95. The molecule has 1 aromatic rings. The predicted molar refractivity (Wildman–Crippen MR) is 33.9 cm³/mol. The van der Waals surface area contributed by atoms with Gasteiger partial charge in [-0.25, -0.2) is 9.55 Å². The van der Waals surface area contributed by atoms with Gasteiger partial charge < -0.3 is 20.0 Å². The fourth-order valence-electron chi connectivity index (χ4n) is 0.727. The number of carboxylic acid groups (broad SMARTS) is 1. The molecule has 0 aliphatic rings. The smallest absolute Gasteiger partial charge is 0.546 e. The van der Waals surface area contributed by atoms with E-state index in [1.807, 2.05) is 0 Å². The third-order valence-corrected chi connectivity index (χ3v) is 1.18. The summed E-state index contributed by atoms with van der Waals surface area (Å²) in [7, 11) is 0. The molecule has 0 atom stereocenters. The van der Waals surface area contributed by atoms with Crippen LogP contribution in [0.15, 0.2) is 12.5 Å². The molecule has 7 nitrogen and oxygen atoms in total. The minimum atomic E-state index is -1.39. The molecule has 1 aromatic heterocycles. The first-order valence-electron chi connectivity index (χ1n) is 2.95. The molecular formula is C5H4N3NaO4.